The number of hydrogen-bond donors (Lipinski definition) is 1. The van der Waals surface area contributed by atoms with Crippen LogP contribution >= 0.6 is 11.6 Å². The van der Waals surface area contributed by atoms with Crippen LogP contribution in [0.1, 0.15) is 5.56 Å². The second-order valence-corrected chi connectivity index (χ2v) is 5.35. The molecule has 3 rings (SSSR count). The smallest absolute Gasteiger partial charge is 0.267 e. The monoisotopic (exact) mass is 324 g/mol. The molecule has 0 aliphatic carbocycles. The number of hydrogen-bond acceptors (Lipinski definition) is 2. The fourth-order valence-electron chi connectivity index (χ4n) is 2.19. The zero-order chi connectivity index (χ0) is 16.2. The summed E-state index contributed by atoms with van der Waals surface area (Å²) in [5.74, 6) is -0.845. The molecule has 114 valence electrons. The topological polar surface area (TPSA) is 49.4 Å². The molecule has 1 saturated heterocycles. The molecule has 0 aromatic heterocycles. The van der Waals surface area contributed by atoms with E-state index in [2.05, 4.69) is 5.43 Å². The minimum Gasteiger partial charge on any atom is -0.267 e. The largest absolute Gasteiger partial charge is 0.282 e. The van der Waals surface area contributed by atoms with Gasteiger partial charge in [-0.05, 0) is 29.8 Å². The lowest BCUT2D eigenvalue weighted by molar-refractivity contribution is -0.117. The van der Waals surface area contributed by atoms with E-state index in [1.807, 2.05) is 36.4 Å². The van der Waals surface area contributed by atoms with Crippen molar-refractivity contribution in [1.82, 2.24) is 5.43 Å². The summed E-state index contributed by atoms with van der Waals surface area (Å²) < 4.78 is 0. The highest BCUT2D eigenvalue weighted by atomic mass is 35.5. The SMILES string of the molecule is O=C1NN(c2cccc(Cl)c2)C(=O)/C1=C/C=C\c1ccccc1. The van der Waals surface area contributed by atoms with Crippen molar-refractivity contribution in [2.24, 2.45) is 0 Å². The maximum atomic E-state index is 12.4. The Labute approximate surface area is 138 Å². The van der Waals surface area contributed by atoms with Gasteiger partial charge in [0.1, 0.15) is 5.57 Å². The third-order valence-electron chi connectivity index (χ3n) is 3.31. The summed E-state index contributed by atoms with van der Waals surface area (Å²) >= 11 is 5.92. The van der Waals surface area contributed by atoms with E-state index < -0.39 is 11.8 Å². The minimum atomic E-state index is -0.437. The summed E-state index contributed by atoms with van der Waals surface area (Å²) in [7, 11) is 0. The van der Waals surface area contributed by atoms with Crippen LogP contribution in [0.25, 0.3) is 6.08 Å². The van der Waals surface area contributed by atoms with E-state index in [1.165, 1.54) is 11.1 Å². The van der Waals surface area contributed by atoms with E-state index in [4.69, 9.17) is 11.6 Å². The molecule has 2 aromatic rings. The van der Waals surface area contributed by atoms with Crippen LogP contribution in [0, 0.1) is 0 Å². The molecule has 0 atom stereocenters. The summed E-state index contributed by atoms with van der Waals surface area (Å²) in [5, 5.41) is 1.68. The Morgan fingerprint density at radius 1 is 1.00 bits per heavy atom. The molecule has 1 aliphatic heterocycles. The van der Waals surface area contributed by atoms with Crippen LogP contribution in [-0.2, 0) is 9.59 Å². The number of anilines is 1. The zero-order valence-corrected chi connectivity index (χ0v) is 12.8. The van der Waals surface area contributed by atoms with E-state index in [-0.39, 0.29) is 5.57 Å². The van der Waals surface area contributed by atoms with Crippen LogP contribution in [0.3, 0.4) is 0 Å². The maximum absolute atomic E-state index is 12.4. The molecule has 23 heavy (non-hydrogen) atoms. The summed E-state index contributed by atoms with van der Waals surface area (Å²) in [4.78, 5) is 24.4. The highest BCUT2D eigenvalue weighted by molar-refractivity contribution is 6.32. The van der Waals surface area contributed by atoms with Gasteiger partial charge in [-0.2, -0.15) is 0 Å². The Bertz CT molecular complexity index is 813. The van der Waals surface area contributed by atoms with Gasteiger partial charge in [-0.1, -0.05) is 60.2 Å². The Kier molecular flexibility index (Phi) is 4.26. The van der Waals surface area contributed by atoms with Gasteiger partial charge in [0, 0.05) is 5.02 Å². The van der Waals surface area contributed by atoms with Crippen LogP contribution in [-0.4, -0.2) is 11.8 Å². The van der Waals surface area contributed by atoms with Gasteiger partial charge in [0.05, 0.1) is 5.69 Å². The molecule has 0 unspecified atom stereocenters. The number of amides is 2. The van der Waals surface area contributed by atoms with Gasteiger partial charge in [0.25, 0.3) is 11.8 Å². The van der Waals surface area contributed by atoms with E-state index in [9.17, 15) is 9.59 Å². The first-order chi connectivity index (χ1) is 11.1. The third-order valence-corrected chi connectivity index (χ3v) is 3.54. The van der Waals surface area contributed by atoms with E-state index in [0.717, 1.165) is 5.56 Å². The molecular weight excluding hydrogens is 312 g/mol. The average molecular weight is 325 g/mol. The third kappa shape index (κ3) is 3.33. The molecule has 2 amide bonds. The standard InChI is InChI=1S/C18H13ClN2O2/c19-14-9-5-10-15(12-14)21-18(23)16(17(22)20-21)11-4-8-13-6-2-1-3-7-13/h1-12H,(H,20,22)/b8-4-,16-11+. The first kappa shape index (κ1) is 15.1. The first-order valence-electron chi connectivity index (χ1n) is 6.99. The predicted molar refractivity (Wildman–Crippen MR) is 90.6 cm³/mol. The van der Waals surface area contributed by atoms with Crippen molar-refractivity contribution in [3.05, 3.63) is 82.9 Å². The lowest BCUT2D eigenvalue weighted by Gasteiger charge is -2.14. The van der Waals surface area contributed by atoms with Crippen LogP contribution in [0.2, 0.25) is 5.02 Å². The second kappa shape index (κ2) is 6.50. The Morgan fingerprint density at radius 3 is 2.52 bits per heavy atom. The summed E-state index contributed by atoms with van der Waals surface area (Å²) in [6, 6.07) is 16.4. The van der Waals surface area contributed by atoms with Crippen LogP contribution in [0.15, 0.2) is 72.3 Å². The number of hydrazine groups is 1. The molecule has 0 spiro atoms. The van der Waals surface area contributed by atoms with Crippen molar-refractivity contribution >= 4 is 35.2 Å². The van der Waals surface area contributed by atoms with Gasteiger partial charge in [-0.25, -0.2) is 5.01 Å². The fraction of sp³-hybridized carbons (Fsp3) is 0. The molecule has 5 heteroatoms. The van der Waals surface area contributed by atoms with Crippen molar-refractivity contribution in [2.75, 3.05) is 5.01 Å². The molecule has 1 fully saturated rings. The van der Waals surface area contributed by atoms with Crippen molar-refractivity contribution in [3.63, 3.8) is 0 Å². The molecule has 1 N–H and O–H groups in total. The molecule has 0 bridgehead atoms. The molecule has 1 aliphatic rings. The van der Waals surface area contributed by atoms with Crippen molar-refractivity contribution in [1.29, 1.82) is 0 Å². The van der Waals surface area contributed by atoms with Gasteiger partial charge < -0.3 is 0 Å². The minimum absolute atomic E-state index is 0.0807. The molecule has 0 saturated carbocycles. The van der Waals surface area contributed by atoms with Crippen LogP contribution in [0.5, 0.6) is 0 Å². The summed E-state index contributed by atoms with van der Waals surface area (Å²) in [5.41, 5.74) is 4.12. The number of benzene rings is 2. The van der Waals surface area contributed by atoms with Gasteiger partial charge in [0.2, 0.25) is 0 Å². The second-order valence-electron chi connectivity index (χ2n) is 4.91. The van der Waals surface area contributed by atoms with Crippen molar-refractivity contribution < 1.29 is 9.59 Å². The maximum Gasteiger partial charge on any atom is 0.282 e. The molecule has 2 aromatic carbocycles. The molecule has 1 heterocycles. The molecule has 0 radical (unpaired) electrons. The first-order valence-corrected chi connectivity index (χ1v) is 7.37. The summed E-state index contributed by atoms with van der Waals surface area (Å²) in [6.07, 6.45) is 5.02. The number of carbonyl (C=O) groups excluding carboxylic acids is 2. The van der Waals surface area contributed by atoms with Gasteiger partial charge >= 0.3 is 0 Å². The van der Waals surface area contributed by atoms with Gasteiger partial charge in [0.15, 0.2) is 0 Å². The van der Waals surface area contributed by atoms with Crippen LogP contribution in [0.4, 0.5) is 5.69 Å². The predicted octanol–water partition coefficient (Wildman–Crippen LogP) is 3.36. The number of nitrogens with one attached hydrogen (secondary N) is 1. The highest BCUT2D eigenvalue weighted by Crippen LogP contribution is 2.23. The van der Waals surface area contributed by atoms with Crippen molar-refractivity contribution in [3.8, 4) is 0 Å². The van der Waals surface area contributed by atoms with Gasteiger partial charge in [-0.15, -0.1) is 0 Å². The van der Waals surface area contributed by atoms with E-state index in [1.54, 1.807) is 30.3 Å². The number of halogens is 1. The number of allylic oxidation sites excluding steroid dienone is 2. The fourth-order valence-corrected chi connectivity index (χ4v) is 2.38. The number of carbonyl (C=O) groups is 2. The van der Waals surface area contributed by atoms with Gasteiger partial charge in [-0.3, -0.25) is 15.0 Å². The van der Waals surface area contributed by atoms with Crippen LogP contribution < -0.4 is 10.4 Å². The van der Waals surface area contributed by atoms with E-state index >= 15 is 0 Å². The quantitative estimate of drug-likeness (QED) is 0.695. The number of rotatable bonds is 3. The summed E-state index contributed by atoms with van der Waals surface area (Å²) in [6.45, 7) is 0. The van der Waals surface area contributed by atoms with E-state index in [0.29, 0.717) is 10.7 Å². The molecule has 4 nitrogen and oxygen atoms in total. The normalized spacial score (nSPS) is 16.4. The Balaban J connectivity index is 1.81. The van der Waals surface area contributed by atoms with Crippen molar-refractivity contribution in [2.45, 2.75) is 0 Å². The Hall–Kier alpha value is -2.85. The average Bonchev–Trinajstić information content (AvgIpc) is 2.84. The lowest BCUT2D eigenvalue weighted by atomic mass is 10.2. The number of nitrogens with zero attached hydrogens (tertiary/aromatic N) is 1. The highest BCUT2D eigenvalue weighted by Gasteiger charge is 2.33. The lowest BCUT2D eigenvalue weighted by Crippen LogP contribution is -2.35. The Morgan fingerprint density at radius 2 is 1.78 bits per heavy atom. The zero-order valence-electron chi connectivity index (χ0n) is 12.1. The molecular formula is C18H13ClN2O2.